The van der Waals surface area contributed by atoms with Crippen LogP contribution in [0.5, 0.6) is 0 Å². The van der Waals surface area contributed by atoms with Gasteiger partial charge in [-0.3, -0.25) is 0 Å². The van der Waals surface area contributed by atoms with Crippen LogP contribution in [0.1, 0.15) is 0 Å². The van der Waals surface area contributed by atoms with Crippen LogP contribution >= 0.6 is 0 Å². The molecule has 2 aromatic heterocycles. The highest BCUT2D eigenvalue weighted by Crippen LogP contribution is 2.43. The van der Waals surface area contributed by atoms with Crippen LogP contribution in [0.25, 0.3) is 99.2 Å². The van der Waals surface area contributed by atoms with E-state index in [-0.39, 0.29) is 0 Å². The van der Waals surface area contributed by atoms with Gasteiger partial charge in [-0.15, -0.1) is 0 Å². The molecule has 3 heteroatoms. The van der Waals surface area contributed by atoms with Crippen LogP contribution in [0.3, 0.4) is 0 Å². The number of benzene rings is 8. The molecule has 0 saturated heterocycles. The fourth-order valence-corrected chi connectivity index (χ4v) is 7.54. The monoisotopic (exact) mass is 635 g/mol. The van der Waals surface area contributed by atoms with Gasteiger partial charge in [0.15, 0.2) is 5.82 Å². The summed E-state index contributed by atoms with van der Waals surface area (Å²) < 4.78 is 0. The van der Waals surface area contributed by atoms with E-state index in [1.807, 2.05) is 12.1 Å². The Morgan fingerprint density at radius 1 is 0.260 bits per heavy atom. The van der Waals surface area contributed by atoms with Gasteiger partial charge in [0.1, 0.15) is 0 Å². The van der Waals surface area contributed by atoms with Crippen LogP contribution in [0, 0.1) is 0 Å². The molecule has 0 atom stereocenters. The predicted octanol–water partition coefficient (Wildman–Crippen LogP) is 12.3. The van der Waals surface area contributed by atoms with Crippen LogP contribution in [0.15, 0.2) is 176 Å². The Bertz CT molecular complexity index is 2930. The molecule has 0 aliphatic carbocycles. The molecule has 0 radical (unpaired) electrons. The molecule has 10 rings (SSSR count). The molecule has 8 aromatic carbocycles. The Hall–Kier alpha value is -6.71. The molecule has 0 N–H and O–H groups in total. The van der Waals surface area contributed by atoms with Crippen molar-refractivity contribution in [2.45, 2.75) is 0 Å². The first kappa shape index (κ1) is 28.3. The molecule has 232 valence electrons. The molecule has 0 saturated carbocycles. The number of aromatic nitrogens is 3. The first-order chi connectivity index (χ1) is 24.8. The van der Waals surface area contributed by atoms with Gasteiger partial charge in [0.2, 0.25) is 0 Å². The Morgan fingerprint density at radius 3 is 1.46 bits per heavy atom. The zero-order valence-electron chi connectivity index (χ0n) is 27.1. The Morgan fingerprint density at radius 2 is 0.740 bits per heavy atom. The molecule has 0 bridgehead atoms. The molecule has 0 aliphatic rings. The standard InChI is InChI=1S/C47H29N3/c1-2-14-30(15-3-1)31-16-12-19-34(28-31)47-49-42-27-11-9-25-40(42)45(50-47)32-17-13-18-33(29-32)46-44-38-23-7-5-21-36(38)35-20-4-6-22-37(35)43(44)39-24-8-10-26-41(39)48-46/h1-29H. The van der Waals surface area contributed by atoms with Crippen molar-refractivity contribution in [3.8, 4) is 45.0 Å². The lowest BCUT2D eigenvalue weighted by Gasteiger charge is -2.17. The number of hydrogen-bond donors (Lipinski definition) is 0. The summed E-state index contributed by atoms with van der Waals surface area (Å²) in [5.41, 5.74) is 9.12. The maximum atomic E-state index is 5.40. The number of nitrogens with zero attached hydrogens (tertiary/aromatic N) is 3. The quantitative estimate of drug-likeness (QED) is 0.181. The average molecular weight is 636 g/mol. The van der Waals surface area contributed by atoms with Gasteiger partial charge in [-0.25, -0.2) is 15.0 Å². The van der Waals surface area contributed by atoms with Gasteiger partial charge in [-0.1, -0.05) is 152 Å². The van der Waals surface area contributed by atoms with Crippen LogP contribution in [-0.4, -0.2) is 15.0 Å². The lowest BCUT2D eigenvalue weighted by atomic mass is 9.89. The fraction of sp³-hybridized carbons (Fsp3) is 0. The maximum absolute atomic E-state index is 5.40. The molecule has 2 heterocycles. The van der Waals surface area contributed by atoms with Crippen molar-refractivity contribution in [3.05, 3.63) is 176 Å². The van der Waals surface area contributed by atoms with Crippen LogP contribution < -0.4 is 0 Å². The number of rotatable bonds is 4. The summed E-state index contributed by atoms with van der Waals surface area (Å²) in [6.45, 7) is 0. The zero-order valence-corrected chi connectivity index (χ0v) is 27.1. The first-order valence-electron chi connectivity index (χ1n) is 17.0. The number of pyridine rings is 1. The highest BCUT2D eigenvalue weighted by molar-refractivity contribution is 6.33. The van der Waals surface area contributed by atoms with Crippen molar-refractivity contribution in [2.75, 3.05) is 0 Å². The highest BCUT2D eigenvalue weighted by atomic mass is 14.9. The van der Waals surface area contributed by atoms with Crippen LogP contribution in [0.2, 0.25) is 0 Å². The summed E-state index contributed by atoms with van der Waals surface area (Å²) in [4.78, 5) is 15.7. The van der Waals surface area contributed by atoms with Gasteiger partial charge in [-0.05, 0) is 56.9 Å². The lowest BCUT2D eigenvalue weighted by Crippen LogP contribution is -1.96. The molecule has 0 amide bonds. The molecular formula is C47H29N3. The molecule has 10 aromatic rings. The van der Waals surface area contributed by atoms with Crippen molar-refractivity contribution < 1.29 is 0 Å². The minimum absolute atomic E-state index is 0.702. The van der Waals surface area contributed by atoms with Crippen LogP contribution in [0.4, 0.5) is 0 Å². The van der Waals surface area contributed by atoms with Gasteiger partial charge in [-0.2, -0.15) is 0 Å². The smallest absolute Gasteiger partial charge is 0.160 e. The summed E-state index contributed by atoms with van der Waals surface area (Å²) in [5.74, 6) is 0.702. The minimum Gasteiger partial charge on any atom is -0.247 e. The maximum Gasteiger partial charge on any atom is 0.160 e. The Labute approximate surface area is 289 Å². The molecule has 3 nitrogen and oxygen atoms in total. The SMILES string of the molecule is c1ccc(-c2cccc(-c3nc(-c4cccc(-c5nc6ccccc6c6c7ccccc7c7ccccc7c56)c4)c4ccccc4n3)c2)cc1. The number of hydrogen-bond acceptors (Lipinski definition) is 3. The first-order valence-corrected chi connectivity index (χ1v) is 17.0. The van der Waals surface area contributed by atoms with Crippen LogP contribution in [-0.2, 0) is 0 Å². The van der Waals surface area contributed by atoms with E-state index < -0.39 is 0 Å². The summed E-state index contributed by atoms with van der Waals surface area (Å²) in [6.07, 6.45) is 0. The van der Waals surface area contributed by atoms with E-state index >= 15 is 0 Å². The molecule has 0 fully saturated rings. The minimum atomic E-state index is 0.702. The molecule has 0 spiro atoms. The van der Waals surface area contributed by atoms with Gasteiger partial charge >= 0.3 is 0 Å². The van der Waals surface area contributed by atoms with Crippen molar-refractivity contribution in [1.29, 1.82) is 0 Å². The molecule has 0 aliphatic heterocycles. The van der Waals surface area contributed by atoms with E-state index in [9.17, 15) is 0 Å². The van der Waals surface area contributed by atoms with E-state index in [1.54, 1.807) is 0 Å². The number of fused-ring (bicyclic) bond motifs is 9. The molecular weight excluding hydrogens is 607 g/mol. The van der Waals surface area contributed by atoms with Crippen molar-refractivity contribution in [3.63, 3.8) is 0 Å². The predicted molar refractivity (Wildman–Crippen MR) is 209 cm³/mol. The number of para-hydroxylation sites is 2. The molecule has 50 heavy (non-hydrogen) atoms. The van der Waals surface area contributed by atoms with Gasteiger partial charge in [0, 0.05) is 38.2 Å². The average Bonchev–Trinajstić information content (AvgIpc) is 3.20. The summed E-state index contributed by atoms with van der Waals surface area (Å²) >= 11 is 0. The van der Waals surface area contributed by atoms with Gasteiger partial charge in [0.25, 0.3) is 0 Å². The van der Waals surface area contributed by atoms with Gasteiger partial charge < -0.3 is 0 Å². The van der Waals surface area contributed by atoms with Gasteiger partial charge in [0.05, 0.1) is 22.4 Å². The van der Waals surface area contributed by atoms with Crippen molar-refractivity contribution in [2.24, 2.45) is 0 Å². The Balaban J connectivity index is 1.22. The van der Waals surface area contributed by atoms with E-state index in [0.717, 1.165) is 55.4 Å². The van der Waals surface area contributed by atoms with Crippen molar-refractivity contribution in [1.82, 2.24) is 15.0 Å². The summed E-state index contributed by atoms with van der Waals surface area (Å²) in [7, 11) is 0. The van der Waals surface area contributed by atoms with Crippen molar-refractivity contribution >= 4 is 54.1 Å². The largest absolute Gasteiger partial charge is 0.247 e. The third-order valence-electron chi connectivity index (χ3n) is 9.82. The fourth-order valence-electron chi connectivity index (χ4n) is 7.54. The van der Waals surface area contributed by atoms with E-state index in [2.05, 4.69) is 164 Å². The summed E-state index contributed by atoms with van der Waals surface area (Å²) in [5, 5.41) is 9.50. The normalized spacial score (nSPS) is 11.6. The second-order valence-electron chi connectivity index (χ2n) is 12.8. The summed E-state index contributed by atoms with van der Waals surface area (Å²) in [6, 6.07) is 61.9. The third-order valence-corrected chi connectivity index (χ3v) is 9.82. The highest BCUT2D eigenvalue weighted by Gasteiger charge is 2.19. The van der Waals surface area contributed by atoms with E-state index in [0.29, 0.717) is 5.82 Å². The zero-order chi connectivity index (χ0) is 33.0. The second-order valence-corrected chi connectivity index (χ2v) is 12.8. The molecule has 0 unspecified atom stereocenters. The lowest BCUT2D eigenvalue weighted by molar-refractivity contribution is 1.23. The van der Waals surface area contributed by atoms with E-state index in [1.165, 1.54) is 37.9 Å². The topological polar surface area (TPSA) is 38.7 Å². The van der Waals surface area contributed by atoms with E-state index in [4.69, 9.17) is 15.0 Å². The Kier molecular flexibility index (Phi) is 6.49. The third kappa shape index (κ3) is 4.56. The second kappa shape index (κ2) is 11.5.